The number of nitrogens with zero attached hydrogens (tertiary/aromatic N) is 1. The van der Waals surface area contributed by atoms with Crippen LogP contribution in [-0.4, -0.2) is 32.1 Å². The number of nitrogens with one attached hydrogen (secondary N) is 3. The van der Waals surface area contributed by atoms with Crippen molar-refractivity contribution in [3.63, 3.8) is 0 Å². The highest BCUT2D eigenvalue weighted by Gasteiger charge is 2.19. The van der Waals surface area contributed by atoms with Gasteiger partial charge in [0.15, 0.2) is 0 Å². The molecule has 0 saturated carbocycles. The monoisotopic (exact) mass is 458 g/mol. The Hall–Kier alpha value is -4.00. The van der Waals surface area contributed by atoms with E-state index in [1.54, 1.807) is 19.2 Å². The van der Waals surface area contributed by atoms with Crippen LogP contribution < -0.4 is 25.6 Å². The fourth-order valence-corrected chi connectivity index (χ4v) is 4.13. The van der Waals surface area contributed by atoms with E-state index in [2.05, 4.69) is 20.9 Å². The molecule has 3 N–H and O–H groups in total. The average Bonchev–Trinajstić information content (AvgIpc) is 3.39. The van der Waals surface area contributed by atoms with E-state index in [0.29, 0.717) is 17.8 Å². The van der Waals surface area contributed by atoms with E-state index in [9.17, 15) is 9.59 Å². The summed E-state index contributed by atoms with van der Waals surface area (Å²) in [7, 11) is 1.61. The number of hydrogen-bond acceptors (Lipinski definition) is 4. The van der Waals surface area contributed by atoms with Gasteiger partial charge in [-0.2, -0.15) is 0 Å². The molecule has 0 bridgehead atoms. The van der Waals surface area contributed by atoms with E-state index >= 15 is 0 Å². The maximum atomic E-state index is 12.9. The molecule has 0 aromatic heterocycles. The topological polar surface area (TPSA) is 82.7 Å². The van der Waals surface area contributed by atoms with Crippen LogP contribution in [0.3, 0.4) is 0 Å². The first-order chi connectivity index (χ1) is 16.5. The zero-order valence-corrected chi connectivity index (χ0v) is 19.6. The Morgan fingerprint density at radius 1 is 0.912 bits per heavy atom. The molecule has 176 valence electrons. The molecule has 3 aromatic rings. The number of urea groups is 1. The predicted molar refractivity (Wildman–Crippen MR) is 136 cm³/mol. The number of hydrogen-bond donors (Lipinski definition) is 3. The lowest BCUT2D eigenvalue weighted by Crippen LogP contribution is -2.26. The summed E-state index contributed by atoms with van der Waals surface area (Å²) in [5.74, 6) is 0.503. The van der Waals surface area contributed by atoms with E-state index in [-0.39, 0.29) is 11.9 Å². The molecule has 7 nitrogen and oxygen atoms in total. The van der Waals surface area contributed by atoms with Gasteiger partial charge in [0.1, 0.15) is 5.75 Å². The fourth-order valence-electron chi connectivity index (χ4n) is 4.13. The molecule has 0 atom stereocenters. The molecule has 34 heavy (non-hydrogen) atoms. The van der Waals surface area contributed by atoms with Crippen LogP contribution in [0, 0.1) is 6.92 Å². The zero-order chi connectivity index (χ0) is 23.9. The molecule has 4 rings (SSSR count). The van der Waals surface area contributed by atoms with Crippen LogP contribution in [0.1, 0.15) is 34.3 Å². The number of carbonyl (C=O) groups excluding carboxylic acids is 2. The Labute approximate surface area is 200 Å². The van der Waals surface area contributed by atoms with Crippen LogP contribution in [0.15, 0.2) is 66.7 Å². The quantitative estimate of drug-likeness (QED) is 0.456. The van der Waals surface area contributed by atoms with Crippen LogP contribution in [0.4, 0.5) is 21.9 Å². The van der Waals surface area contributed by atoms with Gasteiger partial charge >= 0.3 is 6.03 Å². The molecule has 3 aromatic carbocycles. The van der Waals surface area contributed by atoms with Crippen molar-refractivity contribution in [2.45, 2.75) is 26.3 Å². The van der Waals surface area contributed by atoms with Gasteiger partial charge in [0.05, 0.1) is 18.5 Å². The highest BCUT2D eigenvalue weighted by molar-refractivity contribution is 6.04. The van der Waals surface area contributed by atoms with Crippen molar-refractivity contribution < 1.29 is 14.3 Å². The van der Waals surface area contributed by atoms with Gasteiger partial charge in [-0.1, -0.05) is 36.4 Å². The summed E-state index contributed by atoms with van der Waals surface area (Å²) >= 11 is 0. The summed E-state index contributed by atoms with van der Waals surface area (Å²) < 4.78 is 5.36. The second-order valence-corrected chi connectivity index (χ2v) is 8.31. The molecule has 7 heteroatoms. The van der Waals surface area contributed by atoms with Gasteiger partial charge in [0.25, 0.3) is 5.91 Å². The Kier molecular flexibility index (Phi) is 7.32. The van der Waals surface area contributed by atoms with Crippen LogP contribution in [-0.2, 0) is 6.54 Å². The second-order valence-electron chi connectivity index (χ2n) is 8.31. The Morgan fingerprint density at radius 3 is 2.38 bits per heavy atom. The van der Waals surface area contributed by atoms with Crippen molar-refractivity contribution in [1.29, 1.82) is 0 Å². The number of para-hydroxylation sites is 2. The molecule has 0 unspecified atom stereocenters. The summed E-state index contributed by atoms with van der Waals surface area (Å²) in [5.41, 5.74) is 4.61. The number of aryl methyl sites for hydroxylation is 1. The summed E-state index contributed by atoms with van der Waals surface area (Å²) in [6, 6.07) is 20.3. The SMILES string of the molecule is COc1ccccc1CNC(=O)c1ccc(N2CCCC2)c(NC(=O)Nc2ccccc2C)c1. The van der Waals surface area contributed by atoms with Gasteiger partial charge in [-0.3, -0.25) is 4.79 Å². The number of rotatable bonds is 7. The molecule has 0 spiro atoms. The summed E-state index contributed by atoms with van der Waals surface area (Å²) in [4.78, 5) is 28.0. The van der Waals surface area contributed by atoms with E-state index in [1.807, 2.05) is 61.5 Å². The fraction of sp³-hybridized carbons (Fsp3) is 0.259. The zero-order valence-electron chi connectivity index (χ0n) is 19.6. The van der Waals surface area contributed by atoms with Crippen LogP contribution >= 0.6 is 0 Å². The smallest absolute Gasteiger partial charge is 0.323 e. The van der Waals surface area contributed by atoms with Gasteiger partial charge in [-0.25, -0.2) is 4.79 Å². The highest BCUT2D eigenvalue weighted by Crippen LogP contribution is 2.30. The van der Waals surface area contributed by atoms with Gasteiger partial charge in [-0.15, -0.1) is 0 Å². The lowest BCUT2D eigenvalue weighted by atomic mass is 10.1. The first-order valence-electron chi connectivity index (χ1n) is 11.5. The largest absolute Gasteiger partial charge is 0.496 e. The van der Waals surface area contributed by atoms with Crippen molar-refractivity contribution in [3.05, 3.63) is 83.4 Å². The lowest BCUT2D eigenvalue weighted by Gasteiger charge is -2.22. The predicted octanol–water partition coefficient (Wildman–Crippen LogP) is 5.18. The Bertz CT molecular complexity index is 1170. The minimum absolute atomic E-state index is 0.221. The molecule has 1 aliphatic heterocycles. The second kappa shape index (κ2) is 10.7. The number of anilines is 3. The summed E-state index contributed by atoms with van der Waals surface area (Å²) in [5, 5.41) is 8.81. The maximum absolute atomic E-state index is 12.9. The molecule has 1 fully saturated rings. The van der Waals surface area contributed by atoms with Crippen LogP contribution in [0.2, 0.25) is 0 Å². The first-order valence-corrected chi connectivity index (χ1v) is 11.5. The summed E-state index contributed by atoms with van der Waals surface area (Å²) in [6.07, 6.45) is 2.21. The molecule has 1 heterocycles. The van der Waals surface area contributed by atoms with E-state index in [0.717, 1.165) is 54.2 Å². The van der Waals surface area contributed by atoms with Crippen molar-refractivity contribution >= 4 is 29.0 Å². The molecule has 3 amide bonds. The van der Waals surface area contributed by atoms with Crippen LogP contribution in [0.25, 0.3) is 0 Å². The molecule has 0 radical (unpaired) electrons. The molecular formula is C27H30N4O3. The number of benzene rings is 3. The first kappa shape index (κ1) is 23.2. The van der Waals surface area contributed by atoms with Crippen molar-refractivity contribution in [3.8, 4) is 5.75 Å². The number of ether oxygens (including phenoxy) is 1. The lowest BCUT2D eigenvalue weighted by molar-refractivity contribution is 0.0950. The van der Waals surface area contributed by atoms with E-state index in [1.165, 1.54) is 0 Å². The average molecular weight is 459 g/mol. The molecule has 0 aliphatic carbocycles. The number of methoxy groups -OCH3 is 1. The third-order valence-corrected chi connectivity index (χ3v) is 5.98. The van der Waals surface area contributed by atoms with Crippen LogP contribution in [0.5, 0.6) is 5.75 Å². The Balaban J connectivity index is 1.52. The minimum atomic E-state index is -0.346. The van der Waals surface area contributed by atoms with E-state index < -0.39 is 0 Å². The summed E-state index contributed by atoms with van der Waals surface area (Å²) in [6.45, 7) is 4.13. The van der Waals surface area contributed by atoms with Gasteiger partial charge in [-0.05, 0) is 55.7 Å². The third kappa shape index (κ3) is 5.49. The molecule has 1 saturated heterocycles. The Morgan fingerprint density at radius 2 is 1.62 bits per heavy atom. The van der Waals surface area contributed by atoms with Gasteiger partial charge < -0.3 is 25.6 Å². The normalized spacial score (nSPS) is 12.8. The highest BCUT2D eigenvalue weighted by atomic mass is 16.5. The van der Waals surface area contributed by atoms with Gasteiger partial charge in [0, 0.05) is 36.4 Å². The van der Waals surface area contributed by atoms with Crippen molar-refractivity contribution in [1.82, 2.24) is 5.32 Å². The standard InChI is InChI=1S/C27H30N4O3/c1-19-9-3-5-11-22(19)29-27(33)30-23-17-20(13-14-24(23)31-15-7-8-16-31)26(32)28-18-21-10-4-6-12-25(21)34-2/h3-6,9-14,17H,7-8,15-16,18H2,1-2H3,(H,28,32)(H2,29,30,33). The molecular weight excluding hydrogens is 428 g/mol. The van der Waals surface area contributed by atoms with Crippen molar-refractivity contribution in [2.24, 2.45) is 0 Å². The van der Waals surface area contributed by atoms with Gasteiger partial charge in [0.2, 0.25) is 0 Å². The number of amides is 3. The number of carbonyl (C=O) groups is 2. The third-order valence-electron chi connectivity index (χ3n) is 5.98. The van der Waals surface area contributed by atoms with E-state index in [4.69, 9.17) is 4.74 Å². The minimum Gasteiger partial charge on any atom is -0.496 e. The molecule has 1 aliphatic rings. The maximum Gasteiger partial charge on any atom is 0.323 e. The van der Waals surface area contributed by atoms with Crippen molar-refractivity contribution in [2.75, 3.05) is 35.7 Å².